The zero-order valence-corrected chi connectivity index (χ0v) is 19.7. The van der Waals surface area contributed by atoms with E-state index < -0.39 is 5.60 Å². The number of nitrogens with one attached hydrogen (secondary N) is 1. The third kappa shape index (κ3) is 5.75. The van der Waals surface area contributed by atoms with E-state index in [9.17, 15) is 9.90 Å². The maximum atomic E-state index is 13.1. The van der Waals surface area contributed by atoms with Gasteiger partial charge < -0.3 is 20.6 Å². The standard InChI is InChI=1S/C25H25N5O3S/c1-25(2,32)6-9-28-13-18-11-21(19(12-20(18)26)17-5-10-33-14-17)29-23(31)22-15-34-24(30-22)16-3-7-27-8-4-16/h3-5,7-8,10-15,32H,6,9,26H2,1-2H3,(H,29,31). The molecule has 0 bridgehead atoms. The number of carbonyl (C=O) groups is 1. The first-order valence-electron chi connectivity index (χ1n) is 10.7. The fourth-order valence-corrected chi connectivity index (χ4v) is 4.00. The summed E-state index contributed by atoms with van der Waals surface area (Å²) in [6, 6.07) is 9.05. The predicted octanol–water partition coefficient (Wildman–Crippen LogP) is 4.88. The van der Waals surface area contributed by atoms with E-state index in [1.165, 1.54) is 11.3 Å². The van der Waals surface area contributed by atoms with Gasteiger partial charge in [-0.2, -0.15) is 0 Å². The van der Waals surface area contributed by atoms with Crippen molar-refractivity contribution >= 4 is 34.8 Å². The molecular formula is C25H25N5O3S. The molecule has 1 amide bonds. The molecule has 174 valence electrons. The minimum Gasteiger partial charge on any atom is -0.472 e. The molecule has 0 saturated carbocycles. The van der Waals surface area contributed by atoms with Crippen molar-refractivity contribution in [2.45, 2.75) is 25.9 Å². The molecule has 4 aromatic rings. The number of aromatic nitrogens is 2. The molecule has 0 saturated heterocycles. The van der Waals surface area contributed by atoms with Gasteiger partial charge in [-0.1, -0.05) is 0 Å². The van der Waals surface area contributed by atoms with E-state index in [1.54, 1.807) is 68.6 Å². The topological polar surface area (TPSA) is 127 Å². The molecule has 8 nitrogen and oxygen atoms in total. The zero-order valence-electron chi connectivity index (χ0n) is 18.9. The third-order valence-corrected chi connectivity index (χ3v) is 5.94. The number of hydrogen-bond acceptors (Lipinski definition) is 8. The summed E-state index contributed by atoms with van der Waals surface area (Å²) in [6.07, 6.45) is 8.69. The number of thiazole rings is 1. The minimum atomic E-state index is -0.796. The average molecular weight is 476 g/mol. The van der Waals surface area contributed by atoms with Gasteiger partial charge in [0.15, 0.2) is 0 Å². The van der Waals surface area contributed by atoms with Crippen molar-refractivity contribution < 1.29 is 14.3 Å². The van der Waals surface area contributed by atoms with Crippen molar-refractivity contribution in [1.29, 1.82) is 0 Å². The lowest BCUT2D eigenvalue weighted by Crippen LogP contribution is -2.19. The Hall–Kier alpha value is -3.82. The van der Waals surface area contributed by atoms with E-state index in [1.807, 2.05) is 12.1 Å². The van der Waals surface area contributed by atoms with E-state index in [0.717, 1.165) is 21.7 Å². The predicted molar refractivity (Wildman–Crippen MR) is 135 cm³/mol. The first-order valence-corrected chi connectivity index (χ1v) is 11.5. The van der Waals surface area contributed by atoms with Crippen LogP contribution in [0.25, 0.3) is 21.7 Å². The largest absolute Gasteiger partial charge is 0.472 e. The van der Waals surface area contributed by atoms with Gasteiger partial charge in [0, 0.05) is 64.2 Å². The highest BCUT2D eigenvalue weighted by molar-refractivity contribution is 7.13. The van der Waals surface area contributed by atoms with Gasteiger partial charge >= 0.3 is 0 Å². The number of nitrogen functional groups attached to an aromatic ring is 1. The Balaban J connectivity index is 1.61. The van der Waals surface area contributed by atoms with Gasteiger partial charge in [-0.3, -0.25) is 14.8 Å². The monoisotopic (exact) mass is 475 g/mol. The Bertz CT molecular complexity index is 1290. The number of aliphatic hydroxyl groups is 1. The number of nitrogens with two attached hydrogens (primary N) is 1. The minimum absolute atomic E-state index is 0.312. The number of benzene rings is 1. The number of carbonyl (C=O) groups excluding carboxylic acids is 1. The summed E-state index contributed by atoms with van der Waals surface area (Å²) in [4.78, 5) is 25.9. The number of rotatable bonds is 8. The van der Waals surface area contributed by atoms with Gasteiger partial charge in [0.1, 0.15) is 10.7 Å². The van der Waals surface area contributed by atoms with Gasteiger partial charge in [-0.05, 0) is 50.6 Å². The first-order chi connectivity index (χ1) is 16.3. The molecule has 0 radical (unpaired) electrons. The highest BCUT2D eigenvalue weighted by Crippen LogP contribution is 2.33. The van der Waals surface area contributed by atoms with Crippen molar-refractivity contribution in [2.24, 2.45) is 4.99 Å². The van der Waals surface area contributed by atoms with Crippen molar-refractivity contribution in [3.63, 3.8) is 0 Å². The number of amides is 1. The summed E-state index contributed by atoms with van der Waals surface area (Å²) in [5, 5.41) is 15.3. The summed E-state index contributed by atoms with van der Waals surface area (Å²) < 4.78 is 5.23. The molecular weight excluding hydrogens is 450 g/mol. The molecule has 0 fully saturated rings. The molecule has 3 aromatic heterocycles. The van der Waals surface area contributed by atoms with Gasteiger partial charge in [-0.15, -0.1) is 11.3 Å². The van der Waals surface area contributed by atoms with E-state index in [0.29, 0.717) is 35.6 Å². The molecule has 0 aliphatic carbocycles. The Morgan fingerprint density at radius 3 is 2.76 bits per heavy atom. The number of furan rings is 1. The molecule has 0 atom stereocenters. The maximum Gasteiger partial charge on any atom is 0.275 e. The average Bonchev–Trinajstić information content (AvgIpc) is 3.51. The molecule has 0 aliphatic rings. The van der Waals surface area contributed by atoms with E-state index >= 15 is 0 Å². The highest BCUT2D eigenvalue weighted by atomic mass is 32.1. The normalized spacial score (nSPS) is 11.7. The number of hydrogen-bond donors (Lipinski definition) is 3. The van der Waals surface area contributed by atoms with Crippen LogP contribution < -0.4 is 11.1 Å². The molecule has 0 spiro atoms. The van der Waals surface area contributed by atoms with E-state index in [4.69, 9.17) is 10.2 Å². The zero-order chi connectivity index (χ0) is 24.1. The lowest BCUT2D eigenvalue weighted by atomic mass is 10.0. The SMILES string of the molecule is CC(C)(O)CCN=Cc1cc(NC(=O)c2csc(-c3ccncc3)n2)c(-c2ccoc2)cc1N. The second-order valence-corrected chi connectivity index (χ2v) is 9.22. The smallest absolute Gasteiger partial charge is 0.275 e. The molecule has 3 heterocycles. The fraction of sp³-hybridized carbons (Fsp3) is 0.200. The van der Waals surface area contributed by atoms with Crippen molar-refractivity contribution in [3.8, 4) is 21.7 Å². The maximum absolute atomic E-state index is 13.1. The highest BCUT2D eigenvalue weighted by Gasteiger charge is 2.17. The number of nitrogens with zero attached hydrogens (tertiary/aromatic N) is 3. The molecule has 0 unspecified atom stereocenters. The second kappa shape index (κ2) is 9.98. The Kier molecular flexibility index (Phi) is 6.85. The van der Waals surface area contributed by atoms with Gasteiger partial charge in [0.25, 0.3) is 5.91 Å². The van der Waals surface area contributed by atoms with Gasteiger partial charge in [-0.25, -0.2) is 4.98 Å². The molecule has 34 heavy (non-hydrogen) atoms. The van der Waals surface area contributed by atoms with Crippen LogP contribution in [0.5, 0.6) is 0 Å². The van der Waals surface area contributed by atoms with Gasteiger partial charge in [0.05, 0.1) is 18.1 Å². The summed E-state index contributed by atoms with van der Waals surface area (Å²) in [7, 11) is 0. The Morgan fingerprint density at radius 1 is 1.26 bits per heavy atom. The lowest BCUT2D eigenvalue weighted by molar-refractivity contribution is 0.0739. The quantitative estimate of drug-likeness (QED) is 0.246. The molecule has 0 aliphatic heterocycles. The van der Waals surface area contributed by atoms with Crippen LogP contribution in [0.15, 0.2) is 70.0 Å². The van der Waals surface area contributed by atoms with E-state index in [-0.39, 0.29) is 5.91 Å². The van der Waals surface area contributed by atoms with Crippen LogP contribution in [0.2, 0.25) is 0 Å². The van der Waals surface area contributed by atoms with Crippen LogP contribution in [0.3, 0.4) is 0 Å². The lowest BCUT2D eigenvalue weighted by Gasteiger charge is -2.15. The first kappa shape index (κ1) is 23.3. The number of aliphatic imine (C=N–C) groups is 1. The fourth-order valence-electron chi connectivity index (χ4n) is 3.20. The molecule has 9 heteroatoms. The molecule has 4 N–H and O–H groups in total. The van der Waals surface area contributed by atoms with Crippen molar-refractivity contribution in [2.75, 3.05) is 17.6 Å². The Morgan fingerprint density at radius 2 is 2.06 bits per heavy atom. The summed E-state index contributed by atoms with van der Waals surface area (Å²) in [5.74, 6) is -0.337. The molecule has 1 aromatic carbocycles. The van der Waals surface area contributed by atoms with Crippen LogP contribution >= 0.6 is 11.3 Å². The summed E-state index contributed by atoms with van der Waals surface area (Å²) in [6.45, 7) is 3.93. The second-order valence-electron chi connectivity index (χ2n) is 8.36. The van der Waals surface area contributed by atoms with Crippen LogP contribution in [-0.2, 0) is 0 Å². The van der Waals surface area contributed by atoms with Crippen molar-refractivity contribution in [3.05, 3.63) is 71.9 Å². The van der Waals surface area contributed by atoms with Crippen LogP contribution in [0.4, 0.5) is 11.4 Å². The van der Waals surface area contributed by atoms with Crippen LogP contribution in [0, 0.1) is 0 Å². The van der Waals surface area contributed by atoms with Crippen LogP contribution in [0.1, 0.15) is 36.3 Å². The third-order valence-electron chi connectivity index (χ3n) is 5.05. The number of anilines is 2. The van der Waals surface area contributed by atoms with Crippen LogP contribution in [-0.4, -0.2) is 39.3 Å². The summed E-state index contributed by atoms with van der Waals surface area (Å²) in [5.41, 5.74) is 9.92. The van der Waals surface area contributed by atoms with E-state index in [2.05, 4.69) is 20.3 Å². The Labute approximate surface area is 201 Å². The molecule has 4 rings (SSSR count). The summed E-state index contributed by atoms with van der Waals surface area (Å²) >= 11 is 1.39. The van der Waals surface area contributed by atoms with Gasteiger partial charge in [0.2, 0.25) is 0 Å². The van der Waals surface area contributed by atoms with Crippen molar-refractivity contribution in [1.82, 2.24) is 9.97 Å². The number of pyridine rings is 1.